The van der Waals surface area contributed by atoms with E-state index < -0.39 is 0 Å². The van der Waals surface area contributed by atoms with Crippen LogP contribution in [0.4, 0.5) is 0 Å². The molecule has 0 aromatic heterocycles. The van der Waals surface area contributed by atoms with Crippen molar-refractivity contribution in [2.24, 2.45) is 17.8 Å². The Morgan fingerprint density at radius 2 is 1.88 bits per heavy atom. The third-order valence-electron chi connectivity index (χ3n) is 4.40. The van der Waals surface area contributed by atoms with Crippen molar-refractivity contribution in [2.75, 3.05) is 19.7 Å². The van der Waals surface area contributed by atoms with E-state index in [4.69, 9.17) is 5.11 Å². The van der Waals surface area contributed by atoms with E-state index in [1.54, 1.807) is 0 Å². The summed E-state index contributed by atoms with van der Waals surface area (Å²) in [4.78, 5) is 14.3. The van der Waals surface area contributed by atoms with Gasteiger partial charge >= 0.3 is 0 Å². The molecule has 2 fully saturated rings. The highest BCUT2D eigenvalue weighted by atomic mass is 16.3. The maximum atomic E-state index is 12.4. The summed E-state index contributed by atoms with van der Waals surface area (Å²) in [5.41, 5.74) is 0. The van der Waals surface area contributed by atoms with E-state index in [1.165, 1.54) is 25.7 Å². The minimum Gasteiger partial charge on any atom is -0.395 e. The van der Waals surface area contributed by atoms with E-state index in [-0.39, 0.29) is 6.61 Å². The number of carbonyl (C=O) groups excluding carboxylic acids is 1. The van der Waals surface area contributed by atoms with Gasteiger partial charge < -0.3 is 10.0 Å². The highest BCUT2D eigenvalue weighted by Gasteiger charge is 2.55. The molecule has 0 aromatic rings. The lowest BCUT2D eigenvalue weighted by molar-refractivity contribution is -0.133. The Labute approximate surface area is 104 Å². The molecule has 2 atom stereocenters. The fourth-order valence-corrected chi connectivity index (χ4v) is 3.37. The summed E-state index contributed by atoms with van der Waals surface area (Å²) >= 11 is 0. The van der Waals surface area contributed by atoms with Crippen LogP contribution in [0, 0.1) is 17.8 Å². The van der Waals surface area contributed by atoms with Gasteiger partial charge in [0.15, 0.2) is 0 Å². The van der Waals surface area contributed by atoms with Crippen molar-refractivity contribution in [1.29, 1.82) is 0 Å². The maximum absolute atomic E-state index is 12.4. The molecule has 0 aliphatic heterocycles. The standard InChI is InChI=1S/C14H25NO2/c1-2-3-8-15(9-10-16)14(17)13-11-6-4-5-7-12(11)13/h11-13,16H,2-10H2,1H3. The van der Waals surface area contributed by atoms with E-state index in [0.29, 0.717) is 30.2 Å². The quantitative estimate of drug-likeness (QED) is 0.770. The van der Waals surface area contributed by atoms with Crippen molar-refractivity contribution in [3.8, 4) is 0 Å². The van der Waals surface area contributed by atoms with Gasteiger partial charge in [0.05, 0.1) is 6.61 Å². The molecule has 2 aliphatic carbocycles. The molecule has 98 valence electrons. The monoisotopic (exact) mass is 239 g/mol. The Hall–Kier alpha value is -0.570. The summed E-state index contributed by atoms with van der Waals surface area (Å²) in [7, 11) is 0. The van der Waals surface area contributed by atoms with Crippen LogP contribution in [-0.2, 0) is 4.79 Å². The molecule has 0 aromatic carbocycles. The highest BCUT2D eigenvalue weighted by Crippen LogP contribution is 2.56. The van der Waals surface area contributed by atoms with Crippen molar-refractivity contribution in [3.05, 3.63) is 0 Å². The van der Waals surface area contributed by atoms with Crippen LogP contribution in [0.3, 0.4) is 0 Å². The molecule has 17 heavy (non-hydrogen) atoms. The van der Waals surface area contributed by atoms with E-state index >= 15 is 0 Å². The van der Waals surface area contributed by atoms with Gasteiger partial charge in [0, 0.05) is 19.0 Å². The number of aliphatic hydroxyl groups is 1. The average molecular weight is 239 g/mol. The minimum absolute atomic E-state index is 0.0947. The van der Waals surface area contributed by atoms with E-state index in [0.717, 1.165) is 19.4 Å². The number of fused-ring (bicyclic) bond motifs is 1. The summed E-state index contributed by atoms with van der Waals surface area (Å²) in [6.45, 7) is 3.58. The Balaban J connectivity index is 1.87. The molecule has 2 aliphatic rings. The molecular weight excluding hydrogens is 214 g/mol. The number of aliphatic hydroxyl groups excluding tert-OH is 1. The largest absolute Gasteiger partial charge is 0.395 e. The first-order valence-electron chi connectivity index (χ1n) is 7.19. The molecule has 2 saturated carbocycles. The van der Waals surface area contributed by atoms with Crippen molar-refractivity contribution < 1.29 is 9.90 Å². The topological polar surface area (TPSA) is 40.5 Å². The number of carbonyl (C=O) groups is 1. The Kier molecular flexibility index (Phi) is 4.43. The predicted molar refractivity (Wildman–Crippen MR) is 67.5 cm³/mol. The predicted octanol–water partition coefficient (Wildman–Crippen LogP) is 2.04. The fraction of sp³-hybridized carbons (Fsp3) is 0.929. The normalized spacial score (nSPS) is 30.8. The van der Waals surface area contributed by atoms with Crippen LogP contribution in [-0.4, -0.2) is 35.6 Å². The first kappa shape index (κ1) is 12.9. The summed E-state index contributed by atoms with van der Waals surface area (Å²) in [6.07, 6.45) is 7.27. The summed E-state index contributed by atoms with van der Waals surface area (Å²) in [5.74, 6) is 1.99. The van der Waals surface area contributed by atoms with Crippen molar-refractivity contribution >= 4 is 5.91 Å². The number of hydrogen-bond donors (Lipinski definition) is 1. The SMILES string of the molecule is CCCCN(CCO)C(=O)C1C2CCCCC21. The summed E-state index contributed by atoms with van der Waals surface area (Å²) < 4.78 is 0. The van der Waals surface area contributed by atoms with Gasteiger partial charge in [-0.3, -0.25) is 4.79 Å². The molecule has 3 nitrogen and oxygen atoms in total. The average Bonchev–Trinajstić information content (AvgIpc) is 3.08. The van der Waals surface area contributed by atoms with Crippen molar-refractivity contribution in [1.82, 2.24) is 4.90 Å². The third kappa shape index (κ3) is 2.82. The van der Waals surface area contributed by atoms with Gasteiger partial charge in [-0.15, -0.1) is 0 Å². The van der Waals surface area contributed by atoms with Crippen LogP contribution in [0.5, 0.6) is 0 Å². The number of nitrogens with zero attached hydrogens (tertiary/aromatic N) is 1. The zero-order valence-electron chi connectivity index (χ0n) is 10.9. The number of amides is 1. The van der Waals surface area contributed by atoms with Gasteiger partial charge in [-0.1, -0.05) is 26.2 Å². The van der Waals surface area contributed by atoms with E-state index in [1.807, 2.05) is 4.90 Å². The Morgan fingerprint density at radius 3 is 2.41 bits per heavy atom. The number of unbranched alkanes of at least 4 members (excludes halogenated alkanes) is 1. The van der Waals surface area contributed by atoms with Gasteiger partial charge in [-0.05, 0) is 31.1 Å². The fourth-order valence-electron chi connectivity index (χ4n) is 3.37. The lowest BCUT2D eigenvalue weighted by atomic mass is 10.0. The summed E-state index contributed by atoms with van der Waals surface area (Å²) in [5, 5.41) is 9.05. The molecule has 0 bridgehead atoms. The lowest BCUT2D eigenvalue weighted by Crippen LogP contribution is -2.36. The first-order valence-corrected chi connectivity index (χ1v) is 7.19. The molecule has 2 unspecified atom stereocenters. The van der Waals surface area contributed by atoms with Gasteiger partial charge in [-0.25, -0.2) is 0 Å². The first-order chi connectivity index (χ1) is 8.29. The van der Waals surface area contributed by atoms with Gasteiger partial charge in [0.2, 0.25) is 5.91 Å². The highest BCUT2D eigenvalue weighted by molar-refractivity contribution is 5.82. The molecule has 0 radical (unpaired) electrons. The molecule has 1 amide bonds. The van der Waals surface area contributed by atoms with Crippen LogP contribution in [0.2, 0.25) is 0 Å². The molecule has 0 saturated heterocycles. The van der Waals surface area contributed by atoms with Crippen LogP contribution >= 0.6 is 0 Å². The molecule has 0 spiro atoms. The smallest absolute Gasteiger partial charge is 0.226 e. The Bertz CT molecular complexity index is 255. The third-order valence-corrected chi connectivity index (χ3v) is 4.40. The summed E-state index contributed by atoms with van der Waals surface area (Å²) in [6, 6.07) is 0. The molecule has 1 N–H and O–H groups in total. The molecule has 0 heterocycles. The van der Waals surface area contributed by atoms with Crippen LogP contribution in [0.15, 0.2) is 0 Å². The molecule has 2 rings (SSSR count). The van der Waals surface area contributed by atoms with Gasteiger partial charge in [0.25, 0.3) is 0 Å². The second-order valence-electron chi connectivity index (χ2n) is 5.54. The van der Waals surface area contributed by atoms with Crippen LogP contribution < -0.4 is 0 Å². The van der Waals surface area contributed by atoms with Crippen molar-refractivity contribution in [3.63, 3.8) is 0 Å². The second-order valence-corrected chi connectivity index (χ2v) is 5.54. The van der Waals surface area contributed by atoms with E-state index in [9.17, 15) is 4.79 Å². The van der Waals surface area contributed by atoms with Gasteiger partial charge in [0.1, 0.15) is 0 Å². The molecular formula is C14H25NO2. The van der Waals surface area contributed by atoms with Gasteiger partial charge in [-0.2, -0.15) is 0 Å². The Morgan fingerprint density at radius 1 is 1.24 bits per heavy atom. The molecule has 3 heteroatoms. The second kappa shape index (κ2) is 5.85. The maximum Gasteiger partial charge on any atom is 0.226 e. The van der Waals surface area contributed by atoms with Crippen LogP contribution in [0.1, 0.15) is 45.4 Å². The van der Waals surface area contributed by atoms with Crippen LogP contribution in [0.25, 0.3) is 0 Å². The number of hydrogen-bond acceptors (Lipinski definition) is 2. The lowest BCUT2D eigenvalue weighted by Gasteiger charge is -2.21. The minimum atomic E-state index is 0.0947. The number of rotatable bonds is 6. The zero-order chi connectivity index (χ0) is 12.3. The zero-order valence-corrected chi connectivity index (χ0v) is 10.9. The van der Waals surface area contributed by atoms with Crippen molar-refractivity contribution in [2.45, 2.75) is 45.4 Å². The van der Waals surface area contributed by atoms with E-state index in [2.05, 4.69) is 6.92 Å².